The van der Waals surface area contributed by atoms with E-state index < -0.39 is 11.3 Å². The number of amides is 1. The van der Waals surface area contributed by atoms with Crippen LogP contribution in [0.2, 0.25) is 0 Å². The first-order valence-corrected chi connectivity index (χ1v) is 8.20. The Hall–Kier alpha value is -2.71. The summed E-state index contributed by atoms with van der Waals surface area (Å²) >= 11 is 1.32. The zero-order valence-corrected chi connectivity index (χ0v) is 14.8. The van der Waals surface area contributed by atoms with Crippen molar-refractivity contribution in [2.45, 2.75) is 6.92 Å². The fourth-order valence-corrected chi connectivity index (χ4v) is 2.84. The van der Waals surface area contributed by atoms with Gasteiger partial charge in [-0.2, -0.15) is 0 Å². The molecule has 0 bridgehead atoms. The van der Waals surface area contributed by atoms with Crippen LogP contribution in [0.1, 0.15) is 20.9 Å². The first-order valence-electron chi connectivity index (χ1n) is 7.32. The van der Waals surface area contributed by atoms with Gasteiger partial charge in [0.2, 0.25) is 5.91 Å². The molecule has 0 saturated heterocycles. The van der Waals surface area contributed by atoms with Gasteiger partial charge in [0.25, 0.3) is 5.56 Å². The number of carbonyl (C=O) groups excluding carboxylic acids is 2. The number of anilines is 1. The lowest BCUT2D eigenvalue weighted by molar-refractivity contribution is -0.119. The first kappa shape index (κ1) is 18.6. The summed E-state index contributed by atoms with van der Waals surface area (Å²) in [4.78, 5) is 36.5. The zero-order chi connectivity index (χ0) is 18.6. The topological polar surface area (TPSA) is 97.6 Å². The van der Waals surface area contributed by atoms with Crippen LogP contribution in [-0.4, -0.2) is 35.1 Å². The molecule has 7 nitrogen and oxygen atoms in total. The molecule has 8 heteroatoms. The molecule has 2 heterocycles. The molecule has 2 rings (SSSR count). The number of ether oxygens (including phenoxy) is 1. The number of rotatable bonds is 6. The van der Waals surface area contributed by atoms with E-state index in [0.717, 1.165) is 0 Å². The molecule has 2 aromatic rings. The van der Waals surface area contributed by atoms with Crippen molar-refractivity contribution in [2.24, 2.45) is 7.05 Å². The number of aromatic nitrogens is 1. The van der Waals surface area contributed by atoms with E-state index in [0.29, 0.717) is 16.3 Å². The molecule has 0 atom stereocenters. The molecule has 0 aliphatic carbocycles. The SMILES string of the molecule is COCC(=O)Nc1csc(/C=C/C(=O)c2c(O)cc(C)n(C)c2=O)c1. The van der Waals surface area contributed by atoms with Gasteiger partial charge in [-0.1, -0.05) is 0 Å². The third kappa shape index (κ3) is 4.43. The zero-order valence-electron chi connectivity index (χ0n) is 14.0. The number of thiophene rings is 1. The Balaban J connectivity index is 2.17. The van der Waals surface area contributed by atoms with Crippen LogP contribution in [0.4, 0.5) is 5.69 Å². The van der Waals surface area contributed by atoms with Gasteiger partial charge in [-0.3, -0.25) is 14.4 Å². The van der Waals surface area contributed by atoms with E-state index in [1.807, 2.05) is 0 Å². The molecular weight excluding hydrogens is 344 g/mol. The van der Waals surface area contributed by atoms with Gasteiger partial charge in [0, 0.05) is 36.2 Å². The summed E-state index contributed by atoms with van der Waals surface area (Å²) < 4.78 is 6.03. The Morgan fingerprint density at radius 3 is 2.80 bits per heavy atom. The van der Waals surface area contributed by atoms with Gasteiger partial charge in [0.1, 0.15) is 17.9 Å². The molecule has 0 aliphatic rings. The predicted molar refractivity (Wildman–Crippen MR) is 96.3 cm³/mol. The molecule has 0 fully saturated rings. The summed E-state index contributed by atoms with van der Waals surface area (Å²) in [6.07, 6.45) is 2.75. The van der Waals surface area contributed by atoms with E-state index in [1.165, 1.54) is 48.3 Å². The summed E-state index contributed by atoms with van der Waals surface area (Å²) in [5.41, 5.74) is 0.325. The molecule has 132 valence electrons. The molecule has 25 heavy (non-hydrogen) atoms. The van der Waals surface area contributed by atoms with Gasteiger partial charge < -0.3 is 19.7 Å². The van der Waals surface area contributed by atoms with Gasteiger partial charge in [-0.25, -0.2) is 0 Å². The van der Waals surface area contributed by atoms with Gasteiger partial charge in [0.05, 0.1) is 5.69 Å². The van der Waals surface area contributed by atoms with Crippen molar-refractivity contribution in [1.82, 2.24) is 4.57 Å². The third-order valence-electron chi connectivity index (χ3n) is 3.47. The monoisotopic (exact) mass is 362 g/mol. The smallest absolute Gasteiger partial charge is 0.265 e. The third-order valence-corrected chi connectivity index (χ3v) is 4.37. The number of hydrogen-bond donors (Lipinski definition) is 2. The van der Waals surface area contributed by atoms with Crippen LogP contribution in [0, 0.1) is 6.92 Å². The second kappa shape index (κ2) is 7.91. The number of aromatic hydroxyl groups is 1. The number of ketones is 1. The minimum atomic E-state index is -0.587. The van der Waals surface area contributed by atoms with E-state index in [9.17, 15) is 19.5 Å². The van der Waals surface area contributed by atoms with Gasteiger partial charge >= 0.3 is 0 Å². The fraction of sp³-hybridized carbons (Fsp3) is 0.235. The summed E-state index contributed by atoms with van der Waals surface area (Å²) in [6.45, 7) is 1.62. The quantitative estimate of drug-likeness (QED) is 0.605. The van der Waals surface area contributed by atoms with E-state index in [4.69, 9.17) is 4.74 Å². The molecular formula is C17H18N2O5S. The number of nitrogens with zero attached hydrogens (tertiary/aromatic N) is 1. The first-order chi connectivity index (χ1) is 11.8. The molecule has 2 aromatic heterocycles. The second-order valence-corrected chi connectivity index (χ2v) is 6.27. The Kier molecular flexibility index (Phi) is 5.89. The summed E-state index contributed by atoms with van der Waals surface area (Å²) in [5, 5.41) is 14.3. The fourth-order valence-electron chi connectivity index (χ4n) is 2.11. The van der Waals surface area contributed by atoms with Crippen molar-refractivity contribution in [3.05, 3.63) is 50.1 Å². The number of carbonyl (C=O) groups is 2. The summed E-state index contributed by atoms with van der Waals surface area (Å²) in [5.74, 6) is -1.20. The van der Waals surface area contributed by atoms with E-state index in [1.54, 1.807) is 18.4 Å². The standard InChI is InChI=1S/C17H18N2O5S/c1-10-6-14(21)16(17(23)19(10)2)13(20)5-4-12-7-11(9-25-12)18-15(22)8-24-3/h4-7,9,21H,8H2,1-3H3,(H,18,22)/b5-4+. The number of hydrogen-bond acceptors (Lipinski definition) is 6. The highest BCUT2D eigenvalue weighted by molar-refractivity contribution is 7.11. The van der Waals surface area contributed by atoms with Gasteiger partial charge in [0.15, 0.2) is 5.78 Å². The summed E-state index contributed by atoms with van der Waals surface area (Å²) in [7, 11) is 2.96. The van der Waals surface area contributed by atoms with Crippen LogP contribution in [0.5, 0.6) is 5.75 Å². The van der Waals surface area contributed by atoms with Crippen molar-refractivity contribution in [3.8, 4) is 5.75 Å². The molecule has 0 unspecified atom stereocenters. The van der Waals surface area contributed by atoms with E-state index in [-0.39, 0.29) is 23.8 Å². The van der Waals surface area contributed by atoms with E-state index >= 15 is 0 Å². The van der Waals surface area contributed by atoms with Gasteiger partial charge in [-0.15, -0.1) is 11.3 Å². The maximum atomic E-state index is 12.3. The van der Waals surface area contributed by atoms with Crippen molar-refractivity contribution < 1.29 is 19.4 Å². The lowest BCUT2D eigenvalue weighted by Gasteiger charge is -2.07. The minimum Gasteiger partial charge on any atom is -0.507 e. The molecule has 0 spiro atoms. The highest BCUT2D eigenvalue weighted by atomic mass is 32.1. The van der Waals surface area contributed by atoms with Crippen molar-refractivity contribution in [1.29, 1.82) is 0 Å². The Labute approximate surface area is 148 Å². The number of pyridine rings is 1. The number of aryl methyl sites for hydroxylation is 1. The maximum Gasteiger partial charge on any atom is 0.265 e. The molecule has 0 saturated carbocycles. The number of methoxy groups -OCH3 is 1. The Morgan fingerprint density at radius 2 is 2.12 bits per heavy atom. The molecule has 0 radical (unpaired) electrons. The normalized spacial score (nSPS) is 11.0. The highest BCUT2D eigenvalue weighted by Gasteiger charge is 2.16. The highest BCUT2D eigenvalue weighted by Crippen LogP contribution is 2.21. The van der Waals surface area contributed by atoms with Crippen LogP contribution >= 0.6 is 11.3 Å². The lowest BCUT2D eigenvalue weighted by atomic mass is 10.1. The number of allylic oxidation sites excluding steroid dienone is 1. The lowest BCUT2D eigenvalue weighted by Crippen LogP contribution is -2.25. The average Bonchev–Trinajstić information content (AvgIpc) is 2.98. The molecule has 1 amide bonds. The summed E-state index contributed by atoms with van der Waals surface area (Å²) in [6, 6.07) is 3.06. The van der Waals surface area contributed by atoms with Crippen LogP contribution in [0.15, 0.2) is 28.4 Å². The predicted octanol–water partition coefficient (Wildman–Crippen LogP) is 1.94. The van der Waals surface area contributed by atoms with E-state index in [2.05, 4.69) is 5.32 Å². The largest absolute Gasteiger partial charge is 0.507 e. The van der Waals surface area contributed by atoms with Crippen LogP contribution in [-0.2, 0) is 16.6 Å². The van der Waals surface area contributed by atoms with Crippen molar-refractivity contribution in [3.63, 3.8) is 0 Å². The van der Waals surface area contributed by atoms with Crippen molar-refractivity contribution in [2.75, 3.05) is 19.0 Å². The van der Waals surface area contributed by atoms with Crippen molar-refractivity contribution >= 4 is 34.8 Å². The molecule has 0 aromatic carbocycles. The van der Waals surface area contributed by atoms with Gasteiger partial charge in [-0.05, 0) is 25.1 Å². The Morgan fingerprint density at radius 1 is 1.40 bits per heavy atom. The molecule has 2 N–H and O–H groups in total. The second-order valence-electron chi connectivity index (χ2n) is 5.33. The van der Waals surface area contributed by atoms with Crippen LogP contribution < -0.4 is 10.9 Å². The average molecular weight is 362 g/mol. The molecule has 0 aliphatic heterocycles. The Bertz CT molecular complexity index is 895. The minimum absolute atomic E-state index is 0.0461. The maximum absolute atomic E-state index is 12.3. The van der Waals surface area contributed by atoms with Crippen LogP contribution in [0.3, 0.4) is 0 Å². The number of nitrogens with one attached hydrogen (secondary N) is 1. The van der Waals surface area contributed by atoms with Crippen LogP contribution in [0.25, 0.3) is 6.08 Å².